The number of unbranched alkanes of at least 4 members (excludes halogenated alkanes) is 3. The smallest absolute Gasteiger partial charge is 0.319 e. The molecule has 0 unspecified atom stereocenters. The largest absolute Gasteiger partial charge is 0.454 e. The minimum atomic E-state index is -0.185. The first-order valence-corrected chi connectivity index (χ1v) is 6.74. The van der Waals surface area contributed by atoms with Gasteiger partial charge in [0.05, 0.1) is 0 Å². The fourth-order valence-corrected chi connectivity index (χ4v) is 1.90. The molecule has 5 nitrogen and oxygen atoms in total. The Balaban J connectivity index is 1.73. The van der Waals surface area contributed by atoms with Crippen LogP contribution in [0.2, 0.25) is 0 Å². The van der Waals surface area contributed by atoms with Crippen LogP contribution in [0, 0.1) is 0 Å². The highest BCUT2D eigenvalue weighted by Crippen LogP contribution is 2.34. The lowest BCUT2D eigenvalue weighted by Gasteiger charge is -2.08. The third-order valence-corrected chi connectivity index (χ3v) is 2.95. The van der Waals surface area contributed by atoms with Gasteiger partial charge in [0.2, 0.25) is 6.79 Å². The molecule has 0 bridgehead atoms. The van der Waals surface area contributed by atoms with Crippen LogP contribution in [0.25, 0.3) is 0 Å². The molecule has 2 rings (SSSR count). The number of anilines is 1. The van der Waals surface area contributed by atoms with E-state index >= 15 is 0 Å². The van der Waals surface area contributed by atoms with Crippen LogP contribution >= 0.6 is 0 Å². The molecule has 0 saturated heterocycles. The summed E-state index contributed by atoms with van der Waals surface area (Å²) in [5.74, 6) is 1.38. The zero-order valence-corrected chi connectivity index (χ0v) is 11.2. The first kappa shape index (κ1) is 13.5. The molecule has 1 heterocycles. The summed E-state index contributed by atoms with van der Waals surface area (Å²) in [5.41, 5.74) is 0.704. The first-order chi connectivity index (χ1) is 9.29. The summed E-state index contributed by atoms with van der Waals surface area (Å²) in [5, 5.41) is 5.61. The number of benzene rings is 1. The number of carbonyl (C=O) groups excluding carboxylic acids is 1. The van der Waals surface area contributed by atoms with E-state index in [1.807, 2.05) is 0 Å². The molecule has 0 fully saturated rings. The van der Waals surface area contributed by atoms with Gasteiger partial charge in [0.25, 0.3) is 0 Å². The molecule has 19 heavy (non-hydrogen) atoms. The third kappa shape index (κ3) is 4.05. The van der Waals surface area contributed by atoms with Crippen LogP contribution in [0.1, 0.15) is 32.6 Å². The van der Waals surface area contributed by atoms with Crippen LogP contribution in [0.5, 0.6) is 11.5 Å². The van der Waals surface area contributed by atoms with Crippen LogP contribution in [0.4, 0.5) is 10.5 Å². The number of rotatable bonds is 6. The van der Waals surface area contributed by atoms with Crippen molar-refractivity contribution in [2.24, 2.45) is 0 Å². The lowest BCUT2D eigenvalue weighted by atomic mass is 10.2. The molecule has 5 heteroatoms. The van der Waals surface area contributed by atoms with Gasteiger partial charge in [0.15, 0.2) is 11.5 Å². The molecule has 104 valence electrons. The van der Waals surface area contributed by atoms with Gasteiger partial charge in [-0.2, -0.15) is 0 Å². The van der Waals surface area contributed by atoms with E-state index in [9.17, 15) is 4.79 Å². The van der Waals surface area contributed by atoms with E-state index in [0.29, 0.717) is 23.7 Å². The highest BCUT2D eigenvalue weighted by Gasteiger charge is 2.13. The SMILES string of the molecule is CCCCCCNC(=O)Nc1ccc2c(c1)OCO2. The van der Waals surface area contributed by atoms with Crippen molar-refractivity contribution in [2.75, 3.05) is 18.7 Å². The number of fused-ring (bicyclic) bond motifs is 1. The Morgan fingerprint density at radius 2 is 2.05 bits per heavy atom. The summed E-state index contributed by atoms with van der Waals surface area (Å²) in [6, 6.07) is 5.16. The zero-order valence-electron chi connectivity index (χ0n) is 11.2. The van der Waals surface area contributed by atoms with Crippen molar-refractivity contribution in [2.45, 2.75) is 32.6 Å². The normalized spacial score (nSPS) is 12.3. The van der Waals surface area contributed by atoms with Crippen molar-refractivity contribution in [3.05, 3.63) is 18.2 Å². The number of hydrogen-bond donors (Lipinski definition) is 2. The van der Waals surface area contributed by atoms with Crippen LogP contribution in [0.3, 0.4) is 0 Å². The quantitative estimate of drug-likeness (QED) is 0.776. The minimum absolute atomic E-state index is 0.185. The van der Waals surface area contributed by atoms with Crippen molar-refractivity contribution in [1.82, 2.24) is 5.32 Å². The average molecular weight is 264 g/mol. The van der Waals surface area contributed by atoms with Gasteiger partial charge in [-0.15, -0.1) is 0 Å². The Hall–Kier alpha value is -1.91. The monoisotopic (exact) mass is 264 g/mol. The number of amides is 2. The molecule has 1 aliphatic rings. The van der Waals surface area contributed by atoms with Crippen molar-refractivity contribution in [3.8, 4) is 11.5 Å². The van der Waals surface area contributed by atoms with E-state index in [2.05, 4.69) is 17.6 Å². The number of ether oxygens (including phenoxy) is 2. The van der Waals surface area contributed by atoms with E-state index in [4.69, 9.17) is 9.47 Å². The summed E-state index contributed by atoms with van der Waals surface area (Å²) in [4.78, 5) is 11.7. The Kier molecular flexibility index (Phi) is 4.89. The maximum Gasteiger partial charge on any atom is 0.319 e. The predicted molar refractivity (Wildman–Crippen MR) is 73.7 cm³/mol. The van der Waals surface area contributed by atoms with Crippen molar-refractivity contribution < 1.29 is 14.3 Å². The highest BCUT2D eigenvalue weighted by atomic mass is 16.7. The van der Waals surface area contributed by atoms with Gasteiger partial charge in [-0.3, -0.25) is 0 Å². The maximum atomic E-state index is 11.7. The van der Waals surface area contributed by atoms with E-state index in [1.54, 1.807) is 18.2 Å². The van der Waals surface area contributed by atoms with E-state index in [0.717, 1.165) is 12.8 Å². The Morgan fingerprint density at radius 3 is 2.89 bits per heavy atom. The van der Waals surface area contributed by atoms with Gasteiger partial charge in [0, 0.05) is 18.3 Å². The van der Waals surface area contributed by atoms with Gasteiger partial charge >= 0.3 is 6.03 Å². The van der Waals surface area contributed by atoms with Gasteiger partial charge in [-0.1, -0.05) is 26.2 Å². The Morgan fingerprint density at radius 1 is 1.21 bits per heavy atom. The minimum Gasteiger partial charge on any atom is -0.454 e. The number of hydrogen-bond acceptors (Lipinski definition) is 3. The van der Waals surface area contributed by atoms with Gasteiger partial charge < -0.3 is 20.1 Å². The molecular weight excluding hydrogens is 244 g/mol. The Bertz CT molecular complexity index is 435. The summed E-state index contributed by atoms with van der Waals surface area (Å²) >= 11 is 0. The van der Waals surface area contributed by atoms with Crippen LogP contribution in [0.15, 0.2) is 18.2 Å². The second-order valence-corrected chi connectivity index (χ2v) is 4.51. The fourth-order valence-electron chi connectivity index (χ4n) is 1.90. The predicted octanol–water partition coefficient (Wildman–Crippen LogP) is 3.12. The third-order valence-electron chi connectivity index (χ3n) is 2.95. The molecule has 1 aliphatic heterocycles. The molecule has 0 radical (unpaired) electrons. The van der Waals surface area contributed by atoms with Gasteiger partial charge in [-0.25, -0.2) is 4.79 Å². The van der Waals surface area contributed by atoms with Crippen LogP contribution < -0.4 is 20.1 Å². The zero-order chi connectivity index (χ0) is 13.5. The molecule has 0 aliphatic carbocycles. The fraction of sp³-hybridized carbons (Fsp3) is 0.500. The lowest BCUT2D eigenvalue weighted by Crippen LogP contribution is -2.29. The van der Waals surface area contributed by atoms with Crippen LogP contribution in [-0.2, 0) is 0 Å². The van der Waals surface area contributed by atoms with Crippen LogP contribution in [-0.4, -0.2) is 19.4 Å². The molecule has 2 amide bonds. The second-order valence-electron chi connectivity index (χ2n) is 4.51. The van der Waals surface area contributed by atoms with Crippen molar-refractivity contribution >= 4 is 11.7 Å². The summed E-state index contributed by atoms with van der Waals surface area (Å²) < 4.78 is 10.5. The molecule has 2 N–H and O–H groups in total. The maximum absolute atomic E-state index is 11.7. The Labute approximate surface area is 113 Å². The highest BCUT2D eigenvalue weighted by molar-refractivity contribution is 5.89. The second kappa shape index (κ2) is 6.87. The molecule has 0 atom stereocenters. The van der Waals surface area contributed by atoms with E-state index in [1.165, 1.54) is 12.8 Å². The summed E-state index contributed by atoms with van der Waals surface area (Å²) in [6.45, 7) is 3.11. The number of urea groups is 1. The number of carbonyl (C=O) groups is 1. The standard InChI is InChI=1S/C14H20N2O3/c1-2-3-4-5-8-15-14(17)16-11-6-7-12-13(9-11)19-10-18-12/h6-7,9H,2-5,8,10H2,1H3,(H2,15,16,17). The average Bonchev–Trinajstić information content (AvgIpc) is 2.86. The van der Waals surface area contributed by atoms with E-state index in [-0.39, 0.29) is 12.8 Å². The molecule has 0 saturated carbocycles. The topological polar surface area (TPSA) is 59.6 Å². The van der Waals surface area contributed by atoms with Crippen molar-refractivity contribution in [1.29, 1.82) is 0 Å². The summed E-state index contributed by atoms with van der Waals surface area (Å²) in [7, 11) is 0. The van der Waals surface area contributed by atoms with Crippen molar-refractivity contribution in [3.63, 3.8) is 0 Å². The lowest BCUT2D eigenvalue weighted by molar-refractivity contribution is 0.174. The van der Waals surface area contributed by atoms with E-state index < -0.39 is 0 Å². The molecule has 1 aromatic carbocycles. The molecular formula is C14H20N2O3. The molecule has 0 aromatic heterocycles. The first-order valence-electron chi connectivity index (χ1n) is 6.74. The van der Waals surface area contributed by atoms with Gasteiger partial charge in [0.1, 0.15) is 0 Å². The number of nitrogens with one attached hydrogen (secondary N) is 2. The molecule has 1 aromatic rings. The molecule has 0 spiro atoms. The summed E-state index contributed by atoms with van der Waals surface area (Å²) in [6.07, 6.45) is 4.58. The van der Waals surface area contributed by atoms with Gasteiger partial charge in [-0.05, 0) is 18.6 Å².